The number of sulfonamides is 1. The molecule has 9 heteroatoms. The smallest absolute Gasteiger partial charge is 0.264 e. The Morgan fingerprint density at radius 2 is 1.76 bits per heavy atom. The molecule has 0 saturated heterocycles. The largest absolute Gasteiger partial charge is 0.326 e. The first-order valence-corrected chi connectivity index (χ1v) is 12.1. The highest BCUT2D eigenvalue weighted by Crippen LogP contribution is 2.36. The second-order valence-electron chi connectivity index (χ2n) is 7.84. The first-order chi connectivity index (χ1) is 15.7. The van der Waals surface area contributed by atoms with Crippen LogP contribution in [0.5, 0.6) is 0 Å². The molecule has 0 saturated carbocycles. The monoisotopic (exact) mass is 483 g/mol. The molecule has 1 unspecified atom stereocenters. The van der Waals surface area contributed by atoms with Gasteiger partial charge in [-0.05, 0) is 61.4 Å². The molecule has 1 aliphatic heterocycles. The van der Waals surface area contributed by atoms with E-state index < -0.39 is 15.9 Å². The lowest BCUT2D eigenvalue weighted by atomic mass is 10.1. The lowest BCUT2D eigenvalue weighted by Gasteiger charge is -2.24. The van der Waals surface area contributed by atoms with Gasteiger partial charge >= 0.3 is 0 Å². The maximum absolute atomic E-state index is 13.5. The normalized spacial score (nSPS) is 15.1. The van der Waals surface area contributed by atoms with Gasteiger partial charge < -0.3 is 10.6 Å². The van der Waals surface area contributed by atoms with Gasteiger partial charge in [-0.15, -0.1) is 0 Å². The summed E-state index contributed by atoms with van der Waals surface area (Å²) in [5.74, 6) is -0.783. The van der Waals surface area contributed by atoms with E-state index in [1.165, 1.54) is 41.6 Å². The van der Waals surface area contributed by atoms with Gasteiger partial charge in [0.05, 0.1) is 21.3 Å². The van der Waals surface area contributed by atoms with E-state index in [1.807, 2.05) is 25.1 Å². The Hall–Kier alpha value is -3.36. The van der Waals surface area contributed by atoms with Crippen LogP contribution in [-0.2, 0) is 21.2 Å². The maximum Gasteiger partial charge on any atom is 0.264 e. The third-order valence-corrected chi connectivity index (χ3v) is 7.59. The summed E-state index contributed by atoms with van der Waals surface area (Å²) in [7, 11) is -3.88. The number of para-hydroxylation sites is 1. The van der Waals surface area contributed by atoms with Crippen LogP contribution < -0.4 is 14.9 Å². The molecule has 33 heavy (non-hydrogen) atoms. The second kappa shape index (κ2) is 8.88. The van der Waals surface area contributed by atoms with Crippen LogP contribution in [0, 0.1) is 0 Å². The molecule has 170 valence electrons. The van der Waals surface area contributed by atoms with Crippen molar-refractivity contribution in [2.45, 2.75) is 31.2 Å². The van der Waals surface area contributed by atoms with Gasteiger partial charge in [0, 0.05) is 24.2 Å². The zero-order chi connectivity index (χ0) is 23.8. The number of amides is 2. The number of hydrogen-bond donors (Lipinski definition) is 2. The topological polar surface area (TPSA) is 95.6 Å². The Kier molecular flexibility index (Phi) is 6.14. The van der Waals surface area contributed by atoms with Gasteiger partial charge in [0.15, 0.2) is 0 Å². The molecule has 0 bridgehead atoms. The molecular weight excluding hydrogens is 462 g/mol. The van der Waals surface area contributed by atoms with Gasteiger partial charge in [-0.3, -0.25) is 13.9 Å². The first kappa shape index (κ1) is 22.8. The summed E-state index contributed by atoms with van der Waals surface area (Å²) in [6.07, 6.45) is 0.624. The molecule has 1 atom stereocenters. The fourth-order valence-corrected chi connectivity index (χ4v) is 5.82. The summed E-state index contributed by atoms with van der Waals surface area (Å²) in [4.78, 5) is 24.2. The molecule has 0 spiro atoms. The number of fused-ring (bicyclic) bond motifs is 1. The fraction of sp³-hybridized carbons (Fsp3) is 0.167. The quantitative estimate of drug-likeness (QED) is 0.550. The average Bonchev–Trinajstić information content (AvgIpc) is 3.12. The standard InChI is InChI=1S/C24H22ClN3O4S/c1-15-12-17-6-3-4-9-23(17)28(15)33(31,32)20-8-5-7-18(13-20)24(30)27-22-14-19(26-16(2)29)10-11-21(22)25/h3-11,13-15H,12H2,1-2H3,(H,26,29)(H,27,30). The van der Waals surface area contributed by atoms with E-state index in [2.05, 4.69) is 10.6 Å². The number of nitrogens with zero attached hydrogens (tertiary/aromatic N) is 1. The Labute approximate surface area is 197 Å². The number of carbonyl (C=O) groups excluding carboxylic acids is 2. The molecular formula is C24H22ClN3O4S. The lowest BCUT2D eigenvalue weighted by Crippen LogP contribution is -2.35. The number of nitrogens with one attached hydrogen (secondary N) is 2. The van der Waals surface area contributed by atoms with Crippen molar-refractivity contribution in [2.75, 3.05) is 14.9 Å². The molecule has 1 aliphatic rings. The highest BCUT2D eigenvalue weighted by molar-refractivity contribution is 7.92. The summed E-state index contributed by atoms with van der Waals surface area (Å²) in [6.45, 7) is 3.23. The minimum Gasteiger partial charge on any atom is -0.326 e. The Balaban J connectivity index is 1.62. The van der Waals surface area contributed by atoms with E-state index in [0.29, 0.717) is 23.5 Å². The molecule has 4 rings (SSSR count). The highest BCUT2D eigenvalue weighted by Gasteiger charge is 2.36. The maximum atomic E-state index is 13.5. The molecule has 3 aromatic rings. The van der Waals surface area contributed by atoms with Crippen LogP contribution in [0.25, 0.3) is 0 Å². The van der Waals surface area contributed by atoms with E-state index in [1.54, 1.807) is 18.2 Å². The van der Waals surface area contributed by atoms with Gasteiger partial charge in [0.1, 0.15) is 0 Å². The van der Waals surface area contributed by atoms with Gasteiger partial charge in [0.25, 0.3) is 15.9 Å². The van der Waals surface area contributed by atoms with Crippen molar-refractivity contribution in [3.05, 3.63) is 82.9 Å². The molecule has 0 fully saturated rings. The molecule has 1 heterocycles. The highest BCUT2D eigenvalue weighted by atomic mass is 35.5. The molecule has 0 aromatic heterocycles. The summed E-state index contributed by atoms with van der Waals surface area (Å²) in [5.41, 5.74) is 2.55. The number of benzene rings is 3. The van der Waals surface area contributed by atoms with Crippen LogP contribution >= 0.6 is 11.6 Å². The van der Waals surface area contributed by atoms with Crippen molar-refractivity contribution in [1.29, 1.82) is 0 Å². The molecule has 0 aliphatic carbocycles. The van der Waals surface area contributed by atoms with Crippen molar-refractivity contribution in [2.24, 2.45) is 0 Å². The van der Waals surface area contributed by atoms with Crippen molar-refractivity contribution < 1.29 is 18.0 Å². The number of hydrogen-bond acceptors (Lipinski definition) is 4. The first-order valence-electron chi connectivity index (χ1n) is 10.3. The number of halogens is 1. The molecule has 2 amide bonds. The van der Waals surface area contributed by atoms with Gasteiger partial charge in [-0.2, -0.15) is 0 Å². The van der Waals surface area contributed by atoms with E-state index >= 15 is 0 Å². The number of rotatable bonds is 5. The fourth-order valence-electron chi connectivity index (χ4n) is 3.91. The zero-order valence-electron chi connectivity index (χ0n) is 18.0. The van der Waals surface area contributed by atoms with Crippen molar-refractivity contribution in [1.82, 2.24) is 0 Å². The van der Waals surface area contributed by atoms with E-state index in [4.69, 9.17) is 11.6 Å². The molecule has 3 aromatic carbocycles. The van der Waals surface area contributed by atoms with Crippen LogP contribution in [0.15, 0.2) is 71.6 Å². The van der Waals surface area contributed by atoms with E-state index in [9.17, 15) is 18.0 Å². The summed E-state index contributed by atoms with van der Waals surface area (Å²) >= 11 is 6.19. The van der Waals surface area contributed by atoms with Gasteiger partial charge in [-0.1, -0.05) is 35.9 Å². The predicted molar refractivity (Wildman–Crippen MR) is 129 cm³/mol. The summed E-state index contributed by atoms with van der Waals surface area (Å²) in [5, 5.41) is 5.59. The van der Waals surface area contributed by atoms with Gasteiger partial charge in [0.2, 0.25) is 5.91 Å². The third kappa shape index (κ3) is 4.58. The summed E-state index contributed by atoms with van der Waals surface area (Å²) < 4.78 is 28.4. The lowest BCUT2D eigenvalue weighted by molar-refractivity contribution is -0.114. The summed E-state index contributed by atoms with van der Waals surface area (Å²) in [6, 6.07) is 17.8. The Bertz CT molecular complexity index is 1360. The number of anilines is 3. The van der Waals surface area contributed by atoms with Crippen LogP contribution in [0.2, 0.25) is 5.02 Å². The van der Waals surface area contributed by atoms with Crippen LogP contribution in [0.1, 0.15) is 29.8 Å². The van der Waals surface area contributed by atoms with Crippen molar-refractivity contribution in [3.63, 3.8) is 0 Å². The SMILES string of the molecule is CC(=O)Nc1ccc(Cl)c(NC(=O)c2cccc(S(=O)(=O)N3c4ccccc4CC3C)c2)c1. The Morgan fingerprint density at radius 3 is 2.52 bits per heavy atom. The predicted octanol–water partition coefficient (Wildman–Crippen LogP) is 4.69. The number of carbonyl (C=O) groups is 2. The molecule has 7 nitrogen and oxygen atoms in total. The average molecular weight is 484 g/mol. The van der Waals surface area contributed by atoms with Crippen molar-refractivity contribution in [3.8, 4) is 0 Å². The zero-order valence-corrected chi connectivity index (χ0v) is 19.6. The molecule has 0 radical (unpaired) electrons. The van der Waals surface area contributed by atoms with Crippen LogP contribution in [0.3, 0.4) is 0 Å². The third-order valence-electron chi connectivity index (χ3n) is 5.33. The van der Waals surface area contributed by atoms with Crippen LogP contribution in [-0.4, -0.2) is 26.3 Å². The van der Waals surface area contributed by atoms with E-state index in [0.717, 1.165) is 5.56 Å². The second-order valence-corrected chi connectivity index (χ2v) is 10.1. The molecule has 2 N–H and O–H groups in total. The Morgan fingerprint density at radius 1 is 1.00 bits per heavy atom. The van der Waals surface area contributed by atoms with E-state index in [-0.39, 0.29) is 27.4 Å². The minimum absolute atomic E-state index is 0.0248. The van der Waals surface area contributed by atoms with Crippen LogP contribution in [0.4, 0.5) is 17.1 Å². The van der Waals surface area contributed by atoms with Crippen molar-refractivity contribution >= 4 is 50.5 Å². The van der Waals surface area contributed by atoms with Gasteiger partial charge in [-0.25, -0.2) is 8.42 Å². The minimum atomic E-state index is -3.88.